The lowest BCUT2D eigenvalue weighted by Crippen LogP contribution is -2.53. The third-order valence-electron chi connectivity index (χ3n) is 7.20. The molecule has 36 heavy (non-hydrogen) atoms. The zero-order valence-electron chi connectivity index (χ0n) is 21.8. The summed E-state index contributed by atoms with van der Waals surface area (Å²) in [4.78, 5) is 43.6. The topological polar surface area (TPSA) is 70.2 Å². The summed E-state index contributed by atoms with van der Waals surface area (Å²) in [7, 11) is 0. The molecule has 2 aliphatic rings. The van der Waals surface area contributed by atoms with Crippen LogP contribution in [0.1, 0.15) is 56.8 Å². The van der Waals surface area contributed by atoms with Crippen LogP contribution in [0, 0.1) is 5.92 Å². The quantitative estimate of drug-likeness (QED) is 0.618. The summed E-state index contributed by atoms with van der Waals surface area (Å²) in [6.07, 6.45) is 0.732. The zero-order chi connectivity index (χ0) is 25.8. The van der Waals surface area contributed by atoms with Gasteiger partial charge in [0.2, 0.25) is 11.8 Å². The van der Waals surface area contributed by atoms with E-state index in [4.69, 9.17) is 4.74 Å². The highest BCUT2D eigenvalue weighted by molar-refractivity contribution is 5.82. The number of nitrogens with zero attached hydrogens (tertiary/aromatic N) is 3. The van der Waals surface area contributed by atoms with Gasteiger partial charge in [-0.1, -0.05) is 57.2 Å². The van der Waals surface area contributed by atoms with Gasteiger partial charge in [-0.05, 0) is 41.7 Å². The molecule has 0 saturated carbocycles. The number of piperazine rings is 1. The number of rotatable bonds is 6. The van der Waals surface area contributed by atoms with Crippen molar-refractivity contribution in [2.75, 3.05) is 32.7 Å². The number of hydrogen-bond acceptors (Lipinski definition) is 4. The molecular weight excluding hydrogens is 454 g/mol. The SMILES string of the molecule is CCC(Oc1ccc2c(c1)C(c1ccccc1)N(C(=O)C(C)C)CC2)C(=O)N1CCN(C(C)=O)CC1. The van der Waals surface area contributed by atoms with Gasteiger partial charge in [0.25, 0.3) is 5.91 Å². The average Bonchev–Trinajstić information content (AvgIpc) is 2.90. The maximum Gasteiger partial charge on any atom is 0.263 e. The number of carbonyl (C=O) groups is 3. The highest BCUT2D eigenvalue weighted by Crippen LogP contribution is 2.38. The van der Waals surface area contributed by atoms with Gasteiger partial charge in [0.15, 0.2) is 6.10 Å². The van der Waals surface area contributed by atoms with Crippen LogP contribution >= 0.6 is 0 Å². The zero-order valence-corrected chi connectivity index (χ0v) is 21.8. The summed E-state index contributed by atoms with van der Waals surface area (Å²) < 4.78 is 6.27. The fourth-order valence-corrected chi connectivity index (χ4v) is 5.15. The van der Waals surface area contributed by atoms with Crippen LogP contribution in [0.3, 0.4) is 0 Å². The Morgan fingerprint density at radius 3 is 2.19 bits per heavy atom. The van der Waals surface area contributed by atoms with Crippen molar-refractivity contribution in [1.29, 1.82) is 0 Å². The molecule has 0 N–H and O–H groups in total. The Hall–Kier alpha value is -3.35. The van der Waals surface area contributed by atoms with Gasteiger partial charge in [-0.15, -0.1) is 0 Å². The van der Waals surface area contributed by atoms with E-state index in [1.54, 1.807) is 16.7 Å². The molecule has 7 nitrogen and oxygen atoms in total. The van der Waals surface area contributed by atoms with Gasteiger partial charge < -0.3 is 19.4 Å². The second kappa shape index (κ2) is 11.1. The maximum atomic E-state index is 13.2. The van der Waals surface area contributed by atoms with Crippen LogP contribution in [-0.4, -0.2) is 71.2 Å². The Morgan fingerprint density at radius 1 is 0.917 bits per heavy atom. The van der Waals surface area contributed by atoms with E-state index in [-0.39, 0.29) is 29.7 Å². The Balaban J connectivity index is 1.58. The van der Waals surface area contributed by atoms with Gasteiger partial charge in [-0.3, -0.25) is 14.4 Å². The number of amides is 3. The molecule has 192 valence electrons. The van der Waals surface area contributed by atoms with Crippen molar-refractivity contribution in [3.8, 4) is 5.75 Å². The minimum atomic E-state index is -0.598. The van der Waals surface area contributed by atoms with Crippen molar-refractivity contribution in [3.63, 3.8) is 0 Å². The second-order valence-electron chi connectivity index (χ2n) is 9.96. The van der Waals surface area contributed by atoms with Crippen LogP contribution in [0.15, 0.2) is 48.5 Å². The number of carbonyl (C=O) groups excluding carboxylic acids is 3. The lowest BCUT2D eigenvalue weighted by molar-refractivity contribution is -0.143. The molecule has 2 heterocycles. The van der Waals surface area contributed by atoms with Crippen molar-refractivity contribution in [3.05, 3.63) is 65.2 Å². The molecule has 3 amide bonds. The van der Waals surface area contributed by atoms with E-state index < -0.39 is 6.10 Å². The lowest BCUT2D eigenvalue weighted by atomic mass is 9.87. The third-order valence-corrected chi connectivity index (χ3v) is 7.20. The van der Waals surface area contributed by atoms with Crippen LogP contribution in [0.25, 0.3) is 0 Å². The number of fused-ring (bicyclic) bond motifs is 1. The monoisotopic (exact) mass is 491 g/mol. The van der Waals surface area contributed by atoms with E-state index >= 15 is 0 Å². The molecule has 0 aliphatic carbocycles. The van der Waals surface area contributed by atoms with E-state index in [9.17, 15) is 14.4 Å². The number of ether oxygens (including phenoxy) is 1. The molecule has 2 aromatic carbocycles. The normalized spacial score (nSPS) is 18.6. The van der Waals surface area contributed by atoms with Crippen LogP contribution in [0.2, 0.25) is 0 Å². The molecule has 1 saturated heterocycles. The molecule has 7 heteroatoms. The Labute approximate surface area is 214 Å². The first kappa shape index (κ1) is 25.7. The Kier molecular flexibility index (Phi) is 7.97. The fourth-order valence-electron chi connectivity index (χ4n) is 5.15. The van der Waals surface area contributed by atoms with Crippen molar-refractivity contribution >= 4 is 17.7 Å². The van der Waals surface area contributed by atoms with E-state index in [1.165, 1.54) is 5.56 Å². The Morgan fingerprint density at radius 2 is 1.58 bits per heavy atom. The van der Waals surface area contributed by atoms with Gasteiger partial charge in [0.1, 0.15) is 5.75 Å². The largest absolute Gasteiger partial charge is 0.481 e. The molecule has 0 spiro atoms. The number of hydrogen-bond donors (Lipinski definition) is 0. The second-order valence-corrected chi connectivity index (χ2v) is 9.96. The summed E-state index contributed by atoms with van der Waals surface area (Å²) in [5, 5.41) is 0. The minimum absolute atomic E-state index is 0.0393. The lowest BCUT2D eigenvalue weighted by Gasteiger charge is -2.39. The van der Waals surface area contributed by atoms with Crippen molar-refractivity contribution < 1.29 is 19.1 Å². The summed E-state index contributed by atoms with van der Waals surface area (Å²) in [6.45, 7) is 10.2. The molecule has 0 bridgehead atoms. The standard InChI is InChI=1S/C29H37N3O4/c1-5-26(29(35)31-17-15-30(16-18-31)21(4)33)36-24-12-11-22-13-14-32(28(34)20(2)3)27(25(22)19-24)23-9-7-6-8-10-23/h6-12,19-20,26-27H,5,13-18H2,1-4H3. The van der Waals surface area contributed by atoms with E-state index in [0.717, 1.165) is 17.5 Å². The van der Waals surface area contributed by atoms with Crippen LogP contribution in [0.5, 0.6) is 5.75 Å². The first-order chi connectivity index (χ1) is 17.3. The average molecular weight is 492 g/mol. The summed E-state index contributed by atoms with van der Waals surface area (Å²) in [5.41, 5.74) is 3.32. The summed E-state index contributed by atoms with van der Waals surface area (Å²) >= 11 is 0. The van der Waals surface area contributed by atoms with Gasteiger partial charge >= 0.3 is 0 Å². The molecule has 0 aromatic heterocycles. The number of benzene rings is 2. The molecular formula is C29H37N3O4. The van der Waals surface area contributed by atoms with Crippen molar-refractivity contribution in [1.82, 2.24) is 14.7 Å². The van der Waals surface area contributed by atoms with Gasteiger partial charge in [-0.25, -0.2) is 0 Å². The van der Waals surface area contributed by atoms with Crippen molar-refractivity contribution in [2.45, 2.75) is 52.7 Å². The van der Waals surface area contributed by atoms with E-state index in [0.29, 0.717) is 44.9 Å². The maximum absolute atomic E-state index is 13.2. The molecule has 2 unspecified atom stereocenters. The van der Waals surface area contributed by atoms with Crippen LogP contribution in [-0.2, 0) is 20.8 Å². The molecule has 2 aromatic rings. The Bertz CT molecular complexity index is 1090. The van der Waals surface area contributed by atoms with Crippen LogP contribution in [0.4, 0.5) is 0 Å². The summed E-state index contributed by atoms with van der Waals surface area (Å²) in [5.74, 6) is 0.665. The first-order valence-electron chi connectivity index (χ1n) is 13.0. The van der Waals surface area contributed by atoms with Gasteiger partial charge in [0, 0.05) is 45.6 Å². The minimum Gasteiger partial charge on any atom is -0.481 e. The highest BCUT2D eigenvalue weighted by Gasteiger charge is 2.34. The van der Waals surface area contributed by atoms with E-state index in [1.807, 2.05) is 56.0 Å². The highest BCUT2D eigenvalue weighted by atomic mass is 16.5. The predicted molar refractivity (Wildman–Crippen MR) is 139 cm³/mol. The molecule has 2 atom stereocenters. The molecule has 1 fully saturated rings. The van der Waals surface area contributed by atoms with Crippen LogP contribution < -0.4 is 4.74 Å². The molecule has 2 aliphatic heterocycles. The first-order valence-corrected chi connectivity index (χ1v) is 13.0. The van der Waals surface area contributed by atoms with Crippen molar-refractivity contribution in [2.24, 2.45) is 5.92 Å². The molecule has 0 radical (unpaired) electrons. The smallest absolute Gasteiger partial charge is 0.263 e. The van der Waals surface area contributed by atoms with Gasteiger partial charge in [0.05, 0.1) is 6.04 Å². The molecule has 4 rings (SSSR count). The fraction of sp³-hybridized carbons (Fsp3) is 0.483. The van der Waals surface area contributed by atoms with Gasteiger partial charge in [-0.2, -0.15) is 0 Å². The third kappa shape index (κ3) is 5.40. The van der Waals surface area contributed by atoms with E-state index in [2.05, 4.69) is 18.2 Å². The predicted octanol–water partition coefficient (Wildman–Crippen LogP) is 3.66. The summed E-state index contributed by atoms with van der Waals surface area (Å²) in [6, 6.07) is 15.9.